The molecule has 2 aromatic carbocycles. The van der Waals surface area contributed by atoms with Gasteiger partial charge in [0.05, 0.1) is 18.3 Å². The molecule has 0 aliphatic rings. The van der Waals surface area contributed by atoms with Gasteiger partial charge in [0.2, 0.25) is 0 Å². The number of carbonyl (C=O) groups excluding carboxylic acids is 2. The Labute approximate surface area is 230 Å². The van der Waals surface area contributed by atoms with E-state index >= 15 is 0 Å². The number of alkyl carbamates (subject to hydrolysis) is 1. The smallest absolute Gasteiger partial charge is 0.467 e. The highest BCUT2D eigenvalue weighted by molar-refractivity contribution is 7.48. The summed E-state index contributed by atoms with van der Waals surface area (Å²) in [6.07, 6.45) is 0.648. The van der Waals surface area contributed by atoms with Gasteiger partial charge in [-0.2, -0.15) is 0 Å². The first kappa shape index (κ1) is 32.0. The van der Waals surface area contributed by atoms with Crippen LogP contribution in [0.5, 0.6) is 5.75 Å². The number of methoxy groups -OCH3 is 1. The van der Waals surface area contributed by atoms with Crippen LogP contribution in [0.1, 0.15) is 58.2 Å². The van der Waals surface area contributed by atoms with Gasteiger partial charge in [-0.1, -0.05) is 36.4 Å². The summed E-state index contributed by atoms with van der Waals surface area (Å²) in [7, 11) is -2.73. The molecule has 0 saturated heterocycles. The third-order valence-electron chi connectivity index (χ3n) is 4.56. The topological polar surface area (TPSA) is 119 Å². The highest BCUT2D eigenvalue weighted by Gasteiger charge is 2.37. The van der Waals surface area contributed by atoms with Gasteiger partial charge in [0.15, 0.2) is 6.79 Å². The van der Waals surface area contributed by atoms with Gasteiger partial charge in [-0.15, -0.1) is 0 Å². The van der Waals surface area contributed by atoms with Crippen molar-refractivity contribution in [1.82, 2.24) is 5.32 Å². The van der Waals surface area contributed by atoms with Crippen LogP contribution < -0.4 is 10.1 Å². The summed E-state index contributed by atoms with van der Waals surface area (Å²) in [6.45, 7) is 11.9. The number of hydrogen-bond donors (Lipinski definition) is 1. The lowest BCUT2D eigenvalue weighted by Crippen LogP contribution is -2.28. The number of amides is 1. The molecule has 0 atom stereocenters. The molecule has 0 saturated carbocycles. The van der Waals surface area contributed by atoms with Gasteiger partial charge in [0.25, 0.3) is 0 Å². The molecule has 2 rings (SSSR count). The predicted octanol–water partition coefficient (Wildman–Crippen LogP) is 6.53. The Kier molecular flexibility index (Phi) is 11.3. The van der Waals surface area contributed by atoms with Crippen molar-refractivity contribution in [3.05, 3.63) is 70.9 Å². The summed E-state index contributed by atoms with van der Waals surface area (Å²) in [5, 5.41) is 2.42. The fourth-order valence-corrected chi connectivity index (χ4v) is 4.78. The van der Waals surface area contributed by atoms with E-state index in [2.05, 4.69) is 5.32 Å². The van der Waals surface area contributed by atoms with Crippen LogP contribution in [0.3, 0.4) is 0 Å². The predicted molar refractivity (Wildman–Crippen MR) is 147 cm³/mol. The lowest BCUT2D eigenvalue weighted by Gasteiger charge is -2.30. The van der Waals surface area contributed by atoms with Gasteiger partial charge in [0.1, 0.15) is 18.1 Å². The van der Waals surface area contributed by atoms with Crippen molar-refractivity contribution in [3.8, 4) is 5.75 Å². The summed E-state index contributed by atoms with van der Waals surface area (Å²) < 4.78 is 45.4. The molecule has 11 heteroatoms. The minimum Gasteiger partial charge on any atom is -0.467 e. The SMILES string of the molecule is COC(=O)C(=Cc1ccc(OCOP(=O)(OC(C)(C)C)OC(C)(C)C)c(C)c1)NC(=O)OCc1ccccc1. The van der Waals surface area contributed by atoms with Crippen molar-refractivity contribution in [1.29, 1.82) is 0 Å². The Hall–Kier alpha value is -3.17. The summed E-state index contributed by atoms with van der Waals surface area (Å²) in [5.74, 6) is -0.299. The number of rotatable bonds is 11. The van der Waals surface area contributed by atoms with Crippen LogP contribution in [0.25, 0.3) is 6.08 Å². The molecule has 2 aromatic rings. The number of benzene rings is 2. The van der Waals surface area contributed by atoms with Gasteiger partial charge in [-0.25, -0.2) is 18.7 Å². The molecule has 0 aromatic heterocycles. The maximum atomic E-state index is 13.2. The van der Waals surface area contributed by atoms with Crippen molar-refractivity contribution >= 4 is 26.0 Å². The van der Waals surface area contributed by atoms with Crippen LogP contribution in [0, 0.1) is 6.92 Å². The molecule has 39 heavy (non-hydrogen) atoms. The average Bonchev–Trinajstić information content (AvgIpc) is 2.81. The van der Waals surface area contributed by atoms with E-state index in [-0.39, 0.29) is 19.1 Å². The average molecular weight is 564 g/mol. The summed E-state index contributed by atoms with van der Waals surface area (Å²) in [5.41, 5.74) is 0.423. The molecule has 0 bridgehead atoms. The van der Waals surface area contributed by atoms with E-state index in [9.17, 15) is 14.2 Å². The molecule has 10 nitrogen and oxygen atoms in total. The number of carbonyl (C=O) groups is 2. The molecule has 0 heterocycles. The summed E-state index contributed by atoms with van der Waals surface area (Å²) in [4.78, 5) is 24.5. The zero-order valence-electron chi connectivity index (χ0n) is 23.7. The Morgan fingerprint density at radius 1 is 0.949 bits per heavy atom. The quantitative estimate of drug-likeness (QED) is 0.141. The largest absolute Gasteiger partial charge is 0.478 e. The van der Waals surface area contributed by atoms with Gasteiger partial charge < -0.3 is 14.2 Å². The van der Waals surface area contributed by atoms with E-state index in [1.54, 1.807) is 66.7 Å². The van der Waals surface area contributed by atoms with E-state index in [4.69, 9.17) is 27.8 Å². The first-order chi connectivity index (χ1) is 18.1. The summed E-state index contributed by atoms with van der Waals surface area (Å²) >= 11 is 0. The zero-order valence-corrected chi connectivity index (χ0v) is 24.6. The number of phosphoric acid groups is 1. The third kappa shape index (κ3) is 12.0. The molecule has 1 amide bonds. The van der Waals surface area contributed by atoms with Gasteiger partial charge in [-0.05, 0) is 83.4 Å². The van der Waals surface area contributed by atoms with Gasteiger partial charge >= 0.3 is 19.9 Å². The monoisotopic (exact) mass is 563 g/mol. The number of ether oxygens (including phenoxy) is 3. The van der Waals surface area contributed by atoms with Crippen LogP contribution in [0.4, 0.5) is 4.79 Å². The van der Waals surface area contributed by atoms with E-state index < -0.39 is 31.1 Å². The van der Waals surface area contributed by atoms with Crippen LogP contribution in [0.2, 0.25) is 0 Å². The molecular weight excluding hydrogens is 525 g/mol. The van der Waals surface area contributed by atoms with Crippen molar-refractivity contribution in [3.63, 3.8) is 0 Å². The lowest BCUT2D eigenvalue weighted by atomic mass is 10.1. The molecule has 0 aliphatic heterocycles. The molecule has 0 spiro atoms. The number of phosphoric ester groups is 1. The van der Waals surface area contributed by atoms with E-state index in [1.165, 1.54) is 13.2 Å². The fourth-order valence-electron chi connectivity index (χ4n) is 3.11. The molecule has 1 N–H and O–H groups in total. The Bertz CT molecular complexity index is 1180. The second-order valence-corrected chi connectivity index (χ2v) is 12.0. The minimum atomic E-state index is -3.93. The van der Waals surface area contributed by atoms with Crippen molar-refractivity contribution in [2.24, 2.45) is 0 Å². The summed E-state index contributed by atoms with van der Waals surface area (Å²) in [6, 6.07) is 14.2. The maximum Gasteiger partial charge on any atom is 0.478 e. The second kappa shape index (κ2) is 13.8. The van der Waals surface area contributed by atoms with Crippen molar-refractivity contribution < 1.29 is 41.9 Å². The molecule has 214 valence electrons. The molecule has 0 unspecified atom stereocenters. The number of nitrogens with one attached hydrogen (secondary N) is 1. The Balaban J connectivity index is 2.08. The lowest BCUT2D eigenvalue weighted by molar-refractivity contribution is -0.136. The molecular formula is C28H38NO9P. The van der Waals surface area contributed by atoms with Crippen LogP contribution >= 0.6 is 7.82 Å². The van der Waals surface area contributed by atoms with Crippen LogP contribution in [0.15, 0.2) is 54.2 Å². The number of aryl methyl sites for hydroxylation is 1. The van der Waals surface area contributed by atoms with Crippen LogP contribution in [-0.4, -0.2) is 37.2 Å². The highest BCUT2D eigenvalue weighted by atomic mass is 31.2. The Morgan fingerprint density at radius 2 is 1.56 bits per heavy atom. The Morgan fingerprint density at radius 3 is 2.10 bits per heavy atom. The van der Waals surface area contributed by atoms with Gasteiger partial charge in [-0.3, -0.25) is 14.4 Å². The molecule has 0 aliphatic carbocycles. The van der Waals surface area contributed by atoms with E-state index in [1.807, 2.05) is 30.3 Å². The maximum absolute atomic E-state index is 13.2. The number of esters is 1. The number of hydrogen-bond acceptors (Lipinski definition) is 9. The minimum absolute atomic E-state index is 0.0445. The third-order valence-corrected chi connectivity index (χ3v) is 6.53. The first-order valence-corrected chi connectivity index (χ1v) is 13.7. The molecule has 0 fully saturated rings. The normalized spacial score (nSPS) is 12.6. The van der Waals surface area contributed by atoms with E-state index in [0.717, 1.165) is 5.56 Å². The standard InChI is InChI=1S/C28H38NO9P/c1-20-16-22(17-23(25(30)33-8)29-26(31)34-18-21-12-10-9-11-13-21)14-15-24(20)35-19-36-39(32,37-27(2,3)4)38-28(5,6)7/h9-17H,18-19H2,1-8H3,(H,29,31). The highest BCUT2D eigenvalue weighted by Crippen LogP contribution is 2.55. The first-order valence-electron chi connectivity index (χ1n) is 12.3. The van der Waals surface area contributed by atoms with Gasteiger partial charge in [0, 0.05) is 0 Å². The van der Waals surface area contributed by atoms with E-state index in [0.29, 0.717) is 16.9 Å². The second-order valence-electron chi connectivity index (χ2n) is 10.5. The molecule has 0 radical (unpaired) electrons. The van der Waals surface area contributed by atoms with Crippen molar-refractivity contribution in [2.75, 3.05) is 13.9 Å². The fraction of sp³-hybridized carbons (Fsp3) is 0.429. The zero-order chi connectivity index (χ0) is 29.3. The van der Waals surface area contributed by atoms with Crippen molar-refractivity contribution in [2.45, 2.75) is 66.3 Å². The van der Waals surface area contributed by atoms with Crippen LogP contribution in [-0.2, 0) is 39.0 Å².